The number of methoxy groups -OCH3 is 4. The van der Waals surface area contributed by atoms with Gasteiger partial charge in [0, 0.05) is 130 Å². The number of likely N-dealkylation sites (N-methyl/N-ethyl adjacent to an activating group) is 1. The van der Waals surface area contributed by atoms with Crippen molar-refractivity contribution in [2.45, 2.75) is 277 Å². The number of nitrogens with zero attached hydrogens (tertiary/aromatic N) is 4. The van der Waals surface area contributed by atoms with Gasteiger partial charge < -0.3 is 149 Å². The molecule has 3 aromatic rings. The van der Waals surface area contributed by atoms with Crippen molar-refractivity contribution in [3.63, 3.8) is 0 Å². The maximum Gasteiger partial charge on any atom is 0.412 e. The number of aliphatic hydroxyl groups excluding tert-OH is 5. The van der Waals surface area contributed by atoms with Crippen molar-refractivity contribution < 1.29 is 164 Å². The predicted octanol–water partition coefficient (Wildman–Crippen LogP) is 7.12. The number of amides is 9. The van der Waals surface area contributed by atoms with Crippen LogP contribution in [0.5, 0.6) is 5.75 Å². The lowest BCUT2D eigenvalue weighted by Gasteiger charge is -2.39. The van der Waals surface area contributed by atoms with E-state index in [0.29, 0.717) is 76.4 Å². The van der Waals surface area contributed by atoms with E-state index in [-0.39, 0.29) is 188 Å². The average Bonchev–Trinajstić information content (AvgIpc) is 1.62. The van der Waals surface area contributed by atoms with E-state index < -0.39 is 134 Å². The zero-order valence-electron chi connectivity index (χ0n) is 85.3. The van der Waals surface area contributed by atoms with Crippen LogP contribution >= 0.6 is 32.9 Å². The van der Waals surface area contributed by atoms with Gasteiger partial charge in [0.25, 0.3) is 5.91 Å². The Balaban J connectivity index is 0.00000138. The smallest absolute Gasteiger partial charge is 0.412 e. The number of carboxylic acid groups (broad SMARTS) is 2. The number of ether oxygens (including phenoxy) is 14. The number of alkyl carbamates (subject to hydrolysis) is 3. The van der Waals surface area contributed by atoms with Crippen molar-refractivity contribution in [3.05, 3.63) is 70.3 Å². The number of aliphatic carboxylic acids is 2. The Morgan fingerprint density at radius 2 is 1.07 bits per heavy atom. The monoisotopic (exact) mass is 2100 g/mol. The molecule has 8 unspecified atom stereocenters. The van der Waals surface area contributed by atoms with Crippen molar-refractivity contribution in [1.29, 1.82) is 0 Å². The molecule has 15 N–H and O–H groups in total. The molecule has 0 spiro atoms. The van der Waals surface area contributed by atoms with Gasteiger partial charge in [-0.15, -0.1) is 11.3 Å². The van der Waals surface area contributed by atoms with E-state index in [1.165, 1.54) is 52.6 Å². The number of nitrogens with one attached hydrogen (secondary N) is 8. The number of aliphatic hydroxyl groups is 5. The van der Waals surface area contributed by atoms with Crippen molar-refractivity contribution >= 4 is 111 Å². The van der Waals surface area contributed by atoms with E-state index in [1.54, 1.807) is 52.1 Å². The van der Waals surface area contributed by atoms with Crippen LogP contribution in [0, 0.1) is 17.8 Å². The van der Waals surface area contributed by atoms with Gasteiger partial charge in [0.1, 0.15) is 47.3 Å². The zero-order chi connectivity index (χ0) is 107. The lowest BCUT2D eigenvalue weighted by atomic mass is 9.92. The molecule has 143 heavy (non-hydrogen) atoms. The summed E-state index contributed by atoms with van der Waals surface area (Å²) in [6, 6.07) is 9.40. The normalized spacial score (nSPS) is 15.2. The quantitative estimate of drug-likeness (QED) is 0.00879. The maximum atomic E-state index is 14.9. The number of pyridine rings is 1. The van der Waals surface area contributed by atoms with Crippen molar-refractivity contribution in [3.8, 4) is 5.75 Å². The third-order valence-electron chi connectivity index (χ3n) is 21.5. The highest BCUT2D eigenvalue weighted by atomic mass is 33.1. The Hall–Kier alpha value is -9.55. The van der Waals surface area contributed by atoms with Gasteiger partial charge in [-0.3, -0.25) is 48.1 Å². The van der Waals surface area contributed by atoms with E-state index >= 15 is 0 Å². The highest BCUT2D eigenvalue weighted by Gasteiger charge is 2.40. The first kappa shape index (κ1) is 131. The average molecular weight is 2100 g/mol. The second kappa shape index (κ2) is 79.7. The molecule has 46 nitrogen and oxygen atoms in total. The first-order valence-corrected chi connectivity index (χ1v) is 51.3. The largest absolute Gasteiger partial charge is 0.481 e. The van der Waals surface area contributed by atoms with Crippen molar-refractivity contribution in [1.82, 2.24) is 62.3 Å². The van der Waals surface area contributed by atoms with Crippen LogP contribution in [0.3, 0.4) is 0 Å². The number of hydrogen-bond donors (Lipinski definition) is 15. The molecule has 15 atom stereocenters. The van der Waals surface area contributed by atoms with Crippen LogP contribution < -0.4 is 47.3 Å². The van der Waals surface area contributed by atoms with Crippen LogP contribution in [0.15, 0.2) is 59.1 Å². The van der Waals surface area contributed by atoms with Gasteiger partial charge in [-0.1, -0.05) is 111 Å². The summed E-state index contributed by atoms with van der Waals surface area (Å²) in [7, 11) is 10.7. The molecule has 0 aliphatic carbocycles. The number of carboxylic acids is 2. The number of aromatic nitrogens is 2. The minimum Gasteiger partial charge on any atom is -0.481 e. The molecule has 0 radical (unpaired) electrons. The Labute approximate surface area is 850 Å². The summed E-state index contributed by atoms with van der Waals surface area (Å²) < 4.78 is 73.1. The summed E-state index contributed by atoms with van der Waals surface area (Å²) in [5, 5.41) is 87.0. The van der Waals surface area contributed by atoms with Crippen LogP contribution in [0.1, 0.15) is 212 Å². The maximum absolute atomic E-state index is 14.9. The summed E-state index contributed by atoms with van der Waals surface area (Å²) >= 11 is 1.06. The summed E-state index contributed by atoms with van der Waals surface area (Å²) in [5.41, 5.74) is 0.670. The predicted molar refractivity (Wildman–Crippen MR) is 528 cm³/mol. The van der Waals surface area contributed by atoms with Crippen molar-refractivity contribution in [2.24, 2.45) is 17.8 Å². The summed E-state index contributed by atoms with van der Waals surface area (Å²) in [6.45, 7) is 20.0. The van der Waals surface area contributed by atoms with Crippen LogP contribution in [0.2, 0.25) is 0 Å². The number of benzene rings is 1. The van der Waals surface area contributed by atoms with Gasteiger partial charge in [0.2, 0.25) is 23.6 Å². The molecule has 0 bridgehead atoms. The van der Waals surface area contributed by atoms with Gasteiger partial charge in [-0.2, -0.15) is 0 Å². The van der Waals surface area contributed by atoms with Crippen LogP contribution in [-0.2, 0) is 106 Å². The SMILES string of the molecule is CCC(CO)OC(CO)OC.CCC(CO)OC(COC(=O)NCCC(=O)NCCSSc1ccccn1)OC.CCC(CO)OC(COC(=O)NCCC(=O)O)OC.CCCC(=O)OCN(C(=O)[C@@H](NC(=O)[C@H]1CCCCN1C)[C@@H](C)CC)[C@H](C[C@@H](OC(C)=O)c1nc(C(=O)N[C@@H](Cc2ccc(OC(=O)NCCCCNC(=O)CCNC(=O)OCC(OC)OC(CC)CO)cc2)C[C@H](C)C(=O)O)cs1)C(C)C. The molecule has 9 amide bonds. The molecule has 816 valence electrons. The Morgan fingerprint density at radius 3 is 1.52 bits per heavy atom. The van der Waals surface area contributed by atoms with Gasteiger partial charge in [0.05, 0.1) is 75.8 Å². The number of carbonyl (C=O) groups excluding carboxylic acids is 11. The van der Waals surface area contributed by atoms with Crippen LogP contribution in [-0.4, -0.2) is 354 Å². The number of piperidine rings is 1. The van der Waals surface area contributed by atoms with Crippen LogP contribution in [0.4, 0.5) is 19.2 Å². The standard InChI is InChI=1S/C58H92N8O17S.C18H29N3O6S2.C11H21NO7.C7H16O4/c1-11-18-49(70)80-35-66(55(73)51(37(6)12-2)64-53(72)45-19-14-17-28-65(45)9)46(36(4)5)31-47(81-39(8)68)54-63-44(34-84-54)52(71)62-41(29-38(7)56(74)75)30-40-20-22-43(23-21-40)83-58(77)60-26-16-15-25-59-48(69)24-27-61-57(76)79-33-50(78-10)82-42(13-3)32-67;1-3-14(12-22)27-17(25-2)13-26-18(24)21-9-7-15(23)19-10-11-28-29-16-6-4-5-8-20-16;1-3-8(6-13)19-10(17-2)7-18-11(16)12-5-4-9(14)15;1-3-6(4-8)11-7(5-9)10-2/h20-23,34,36-38,41-42,45-47,50-51,67H,11-19,24-33,35H2,1-10H3,(H,59,69)(H,60,77)(H,61,76)(H,62,71)(H,64,72)(H,74,75);4-6,8,14,17,22H,3,7,9-13H2,1-2H3,(H,19,23)(H,21,24);8,10,13H,3-7H2,1-2H3,(H,12,16)(H,14,15);6-9H,3-5H2,1-2H3/t37-,38-,41+,42?,45+,46+,47+,50?,51-;;;/m0.../s1. The number of carbonyl (C=O) groups is 13. The van der Waals surface area contributed by atoms with E-state index in [9.17, 15) is 72.5 Å². The second-order valence-corrected chi connectivity index (χ2v) is 36.4. The fourth-order valence-corrected chi connectivity index (χ4v) is 15.5. The number of thiazole rings is 1. The first-order valence-electron chi connectivity index (χ1n) is 48.1. The summed E-state index contributed by atoms with van der Waals surface area (Å²) in [6.07, 6.45) is 0.739. The minimum atomic E-state index is -1.07. The molecule has 3 heterocycles. The molecule has 1 aliphatic heterocycles. The number of esters is 2. The molecule has 1 saturated heterocycles. The van der Waals surface area contributed by atoms with Gasteiger partial charge in [-0.25, -0.2) is 29.1 Å². The van der Waals surface area contributed by atoms with Crippen molar-refractivity contribution in [2.75, 3.05) is 147 Å². The van der Waals surface area contributed by atoms with E-state index in [2.05, 4.69) is 52.5 Å². The Bertz CT molecular complexity index is 4020. The third-order valence-corrected chi connectivity index (χ3v) is 24.7. The lowest BCUT2D eigenvalue weighted by molar-refractivity contribution is -0.181. The van der Waals surface area contributed by atoms with E-state index in [1.807, 2.05) is 92.5 Å². The van der Waals surface area contributed by atoms with E-state index in [0.717, 1.165) is 41.5 Å². The topological polar surface area (TPSA) is 621 Å². The third kappa shape index (κ3) is 59.6. The minimum absolute atomic E-state index is 0.00881. The molecule has 0 saturated carbocycles. The summed E-state index contributed by atoms with van der Waals surface area (Å²) in [4.78, 5) is 174. The number of likely N-dealkylation sites (tertiary alicyclic amines) is 1. The summed E-state index contributed by atoms with van der Waals surface area (Å²) in [5.74, 6) is -5.51. The molecule has 4 rings (SSSR count). The molecule has 1 aromatic carbocycles. The Kier molecular flexibility index (Phi) is 73.3. The van der Waals surface area contributed by atoms with Gasteiger partial charge >= 0.3 is 48.3 Å². The second-order valence-electron chi connectivity index (χ2n) is 33.0. The lowest BCUT2D eigenvalue weighted by Crippen LogP contribution is -2.59. The Morgan fingerprint density at radius 1 is 0.566 bits per heavy atom. The highest BCUT2D eigenvalue weighted by Crippen LogP contribution is 2.33. The number of hydrogen-bond acceptors (Lipinski definition) is 38. The molecular formula is C94H158N12O34S3. The molecular weight excluding hydrogens is 1940 g/mol. The fourth-order valence-electron chi connectivity index (χ4n) is 12.9. The first-order chi connectivity index (χ1) is 68.4. The highest BCUT2D eigenvalue weighted by molar-refractivity contribution is 8.76. The molecule has 2 aromatic heterocycles. The molecule has 1 aliphatic rings. The molecule has 49 heteroatoms. The van der Waals surface area contributed by atoms with Crippen LogP contribution in [0.25, 0.3) is 0 Å². The fraction of sp³-hybridized carbons (Fsp3) is 0.713. The molecule has 1 fully saturated rings. The number of rotatable bonds is 69. The zero-order valence-corrected chi connectivity index (χ0v) is 87.8. The van der Waals surface area contributed by atoms with Gasteiger partial charge in [0.15, 0.2) is 38.0 Å². The number of unbranched alkanes of at least 4 members (excludes halogenated alkanes) is 1. The van der Waals surface area contributed by atoms with Gasteiger partial charge in [-0.05, 0) is 137 Å². The van der Waals surface area contributed by atoms with E-state index in [4.69, 9.17) is 91.8 Å².